The number of benzene rings is 5. The number of hydrogen-bond acceptors (Lipinski definition) is 6. The molecule has 5 heterocycles. The van der Waals surface area contributed by atoms with Crippen molar-refractivity contribution in [2.75, 3.05) is 0 Å². The Kier molecular flexibility index (Phi) is 8.67. The van der Waals surface area contributed by atoms with Gasteiger partial charge in [0.05, 0.1) is 22.1 Å². The number of ether oxygens (including phenoxy) is 2. The van der Waals surface area contributed by atoms with E-state index >= 15 is 0 Å². The van der Waals surface area contributed by atoms with Crippen molar-refractivity contribution in [3.05, 3.63) is 169 Å². The van der Waals surface area contributed by atoms with Crippen molar-refractivity contribution < 1.29 is 9.47 Å². The van der Waals surface area contributed by atoms with Gasteiger partial charge in [0.2, 0.25) is 0 Å². The molecule has 10 rings (SSSR count). The van der Waals surface area contributed by atoms with Gasteiger partial charge in [-0.1, -0.05) is 76.2 Å². The summed E-state index contributed by atoms with van der Waals surface area (Å²) in [5.41, 5.74) is 7.39. The average molecular weight is 757 g/mol. The molecule has 282 valence electrons. The lowest BCUT2D eigenvalue weighted by Crippen LogP contribution is -1.99. The third kappa shape index (κ3) is 6.10. The average Bonchev–Trinajstić information content (AvgIpc) is 3.76. The van der Waals surface area contributed by atoms with Crippen LogP contribution in [0.4, 0.5) is 0 Å². The number of rotatable bonds is 9. The van der Waals surface area contributed by atoms with Crippen molar-refractivity contribution in [2.45, 2.75) is 39.5 Å². The van der Waals surface area contributed by atoms with Crippen LogP contribution < -0.4 is 9.47 Å². The van der Waals surface area contributed by atoms with Crippen molar-refractivity contribution in [1.29, 1.82) is 0 Å². The van der Waals surface area contributed by atoms with Crippen molar-refractivity contribution in [3.8, 4) is 46.0 Å². The van der Waals surface area contributed by atoms with E-state index in [-0.39, 0.29) is 11.8 Å². The van der Waals surface area contributed by atoms with Crippen LogP contribution in [-0.2, 0) is 0 Å². The Labute approximate surface area is 336 Å². The zero-order valence-electron chi connectivity index (χ0n) is 32.7. The summed E-state index contributed by atoms with van der Waals surface area (Å²) in [6.07, 6.45) is 7.15. The minimum absolute atomic E-state index is 0.226. The normalized spacial score (nSPS) is 11.8. The zero-order valence-corrected chi connectivity index (χ0v) is 32.7. The second kappa shape index (κ2) is 14.3. The topological polar surface area (TPSA) is 79.9 Å². The summed E-state index contributed by atoms with van der Waals surface area (Å²) < 4.78 is 18.2. The first kappa shape index (κ1) is 35.1. The molecule has 0 amide bonds. The summed E-state index contributed by atoms with van der Waals surface area (Å²) in [6.45, 7) is 8.89. The van der Waals surface area contributed by atoms with E-state index in [2.05, 4.69) is 120 Å². The number of nitrogens with zero attached hydrogens (tertiary/aromatic N) is 6. The van der Waals surface area contributed by atoms with Crippen LogP contribution >= 0.6 is 0 Å². The maximum absolute atomic E-state index is 6.87. The molecule has 0 atom stereocenters. The molecule has 0 saturated heterocycles. The van der Waals surface area contributed by atoms with E-state index in [0.29, 0.717) is 28.8 Å². The van der Waals surface area contributed by atoms with Gasteiger partial charge in [0.15, 0.2) is 5.82 Å². The predicted molar refractivity (Wildman–Crippen MR) is 233 cm³/mol. The van der Waals surface area contributed by atoms with Gasteiger partial charge in [-0.3, -0.25) is 9.13 Å². The molecule has 8 nitrogen and oxygen atoms in total. The molecule has 0 fully saturated rings. The SMILES string of the molecule is CC(C)c1cc(Oc2cc(Oc3cc(C(C)C)c4c5ccccc5n(-c5ccccn5)c4c3)cc(-c3ncccn3)c2)cc2c1c1ccccc1n2-c1ccccn1. The summed E-state index contributed by atoms with van der Waals surface area (Å²) in [5, 5.41) is 4.74. The highest BCUT2D eigenvalue weighted by Gasteiger charge is 2.22. The second-order valence-electron chi connectivity index (χ2n) is 15.2. The van der Waals surface area contributed by atoms with Crippen molar-refractivity contribution in [3.63, 3.8) is 0 Å². The molecule has 0 aliphatic carbocycles. The van der Waals surface area contributed by atoms with Crippen LogP contribution in [0.15, 0.2) is 158 Å². The minimum atomic E-state index is 0.226. The predicted octanol–water partition coefficient (Wildman–Crippen LogP) is 13.0. The van der Waals surface area contributed by atoms with Gasteiger partial charge in [0.25, 0.3) is 0 Å². The molecule has 0 unspecified atom stereocenters. The van der Waals surface area contributed by atoms with Crippen LogP contribution in [0.3, 0.4) is 0 Å². The second-order valence-corrected chi connectivity index (χ2v) is 15.2. The molecule has 5 aromatic carbocycles. The number of para-hydroxylation sites is 2. The Morgan fingerprint density at radius 2 is 0.845 bits per heavy atom. The lowest BCUT2D eigenvalue weighted by atomic mass is 9.97. The van der Waals surface area contributed by atoms with Crippen LogP contribution in [0.25, 0.3) is 66.6 Å². The Morgan fingerprint density at radius 3 is 1.29 bits per heavy atom. The van der Waals surface area contributed by atoms with E-state index in [1.807, 2.05) is 73.1 Å². The van der Waals surface area contributed by atoms with Gasteiger partial charge in [0, 0.05) is 70.1 Å². The lowest BCUT2D eigenvalue weighted by Gasteiger charge is -2.16. The largest absolute Gasteiger partial charge is 0.457 e. The Balaban J connectivity index is 1.13. The maximum Gasteiger partial charge on any atom is 0.159 e. The molecule has 0 spiro atoms. The molecule has 0 bridgehead atoms. The highest BCUT2D eigenvalue weighted by Crippen LogP contribution is 2.43. The quantitative estimate of drug-likeness (QED) is 0.146. The summed E-state index contributed by atoms with van der Waals surface area (Å²) in [6, 6.07) is 45.3. The van der Waals surface area contributed by atoms with Gasteiger partial charge >= 0.3 is 0 Å². The highest BCUT2D eigenvalue weighted by molar-refractivity contribution is 6.12. The standard InChI is InChI=1S/C50H40N6O2/c1-31(2)40-27-36(29-44-48(40)38-14-5-7-16-42(38)55(44)46-18-9-11-20-51-46)57-34-24-33(50-53-22-13-23-54-50)25-35(26-34)58-37-28-41(32(3)4)49-39-15-6-8-17-43(39)56(45(49)30-37)47-19-10-12-21-52-47/h5-32H,1-4H3. The molecule has 0 saturated carbocycles. The molecule has 0 radical (unpaired) electrons. The fraction of sp³-hybridized carbons (Fsp3) is 0.120. The molecule has 58 heavy (non-hydrogen) atoms. The highest BCUT2D eigenvalue weighted by atomic mass is 16.5. The van der Waals surface area contributed by atoms with Crippen molar-refractivity contribution in [1.82, 2.24) is 29.1 Å². The third-order valence-electron chi connectivity index (χ3n) is 10.7. The third-order valence-corrected chi connectivity index (χ3v) is 10.7. The van der Waals surface area contributed by atoms with Gasteiger partial charge in [-0.05, 0) is 89.7 Å². The first-order valence-corrected chi connectivity index (χ1v) is 19.7. The number of aromatic nitrogens is 6. The zero-order chi connectivity index (χ0) is 39.3. The Bertz CT molecular complexity index is 2930. The molecule has 0 N–H and O–H groups in total. The van der Waals surface area contributed by atoms with E-state index in [1.165, 1.54) is 32.7 Å². The first-order chi connectivity index (χ1) is 28.4. The maximum atomic E-state index is 6.87. The Hall–Kier alpha value is -7.32. The molecular formula is C50H40N6O2. The van der Waals surface area contributed by atoms with Crippen LogP contribution in [-0.4, -0.2) is 29.1 Å². The van der Waals surface area contributed by atoms with Crippen LogP contribution in [0.5, 0.6) is 23.0 Å². The van der Waals surface area contributed by atoms with Gasteiger partial charge in [-0.2, -0.15) is 0 Å². The minimum Gasteiger partial charge on any atom is -0.457 e. The van der Waals surface area contributed by atoms with Crippen LogP contribution in [0, 0.1) is 0 Å². The van der Waals surface area contributed by atoms with Gasteiger partial charge in [-0.25, -0.2) is 19.9 Å². The molecule has 0 aliphatic heterocycles. The smallest absolute Gasteiger partial charge is 0.159 e. The van der Waals surface area contributed by atoms with E-state index in [1.54, 1.807) is 12.4 Å². The molecule has 10 aromatic rings. The fourth-order valence-electron chi connectivity index (χ4n) is 8.24. The fourth-order valence-corrected chi connectivity index (χ4v) is 8.24. The van der Waals surface area contributed by atoms with Crippen LogP contribution in [0.1, 0.15) is 50.7 Å². The van der Waals surface area contributed by atoms with E-state index in [4.69, 9.17) is 19.4 Å². The van der Waals surface area contributed by atoms with E-state index in [0.717, 1.165) is 39.3 Å². The Morgan fingerprint density at radius 1 is 0.414 bits per heavy atom. The molecule has 5 aromatic heterocycles. The molecule has 8 heteroatoms. The number of pyridine rings is 2. The summed E-state index contributed by atoms with van der Waals surface area (Å²) >= 11 is 0. The molecule has 0 aliphatic rings. The molecular weight excluding hydrogens is 717 g/mol. The summed E-state index contributed by atoms with van der Waals surface area (Å²) in [4.78, 5) is 18.7. The summed E-state index contributed by atoms with van der Waals surface area (Å²) in [5.74, 6) is 5.32. The van der Waals surface area contributed by atoms with Gasteiger partial charge < -0.3 is 9.47 Å². The first-order valence-electron chi connectivity index (χ1n) is 19.7. The lowest BCUT2D eigenvalue weighted by molar-refractivity contribution is 0.460. The van der Waals surface area contributed by atoms with E-state index < -0.39 is 0 Å². The monoisotopic (exact) mass is 756 g/mol. The van der Waals surface area contributed by atoms with E-state index in [9.17, 15) is 0 Å². The number of fused-ring (bicyclic) bond motifs is 6. The van der Waals surface area contributed by atoms with Gasteiger partial charge in [0.1, 0.15) is 34.6 Å². The summed E-state index contributed by atoms with van der Waals surface area (Å²) in [7, 11) is 0. The van der Waals surface area contributed by atoms with Crippen molar-refractivity contribution in [2.24, 2.45) is 0 Å². The van der Waals surface area contributed by atoms with Crippen molar-refractivity contribution >= 4 is 43.6 Å². The van der Waals surface area contributed by atoms with Gasteiger partial charge in [-0.15, -0.1) is 0 Å². The number of hydrogen-bond donors (Lipinski definition) is 0. The van der Waals surface area contributed by atoms with Crippen LogP contribution in [0.2, 0.25) is 0 Å².